The van der Waals surface area contributed by atoms with Crippen LogP contribution in [0, 0.1) is 11.3 Å². The highest BCUT2D eigenvalue weighted by Crippen LogP contribution is 2.35. The van der Waals surface area contributed by atoms with E-state index in [0.717, 1.165) is 25.7 Å². The Bertz CT molecular complexity index is 191. The van der Waals surface area contributed by atoms with E-state index in [-0.39, 0.29) is 11.5 Å². The van der Waals surface area contributed by atoms with Crippen LogP contribution in [0.15, 0.2) is 0 Å². The van der Waals surface area contributed by atoms with Crippen LogP contribution >= 0.6 is 0 Å². The summed E-state index contributed by atoms with van der Waals surface area (Å²) in [6.45, 7) is 7.16. The summed E-state index contributed by atoms with van der Waals surface area (Å²) in [4.78, 5) is 22.9. The first kappa shape index (κ1) is 10.2. The van der Waals surface area contributed by atoms with E-state index in [1.807, 2.05) is 0 Å². The summed E-state index contributed by atoms with van der Waals surface area (Å²) in [6.07, 6.45) is 2.47. The SMILES string of the molecule is CC(C)(C)[C@@H]1CC(C=O)N(C=O)C1. The van der Waals surface area contributed by atoms with Crippen molar-refractivity contribution in [3.05, 3.63) is 0 Å². The molecular formula is C10H17NO2. The topological polar surface area (TPSA) is 37.4 Å². The molecule has 1 heterocycles. The Morgan fingerprint density at radius 1 is 1.31 bits per heavy atom. The van der Waals surface area contributed by atoms with Crippen LogP contribution in [0.2, 0.25) is 0 Å². The summed E-state index contributed by atoms with van der Waals surface area (Å²) >= 11 is 0. The van der Waals surface area contributed by atoms with Gasteiger partial charge in [-0.1, -0.05) is 20.8 Å². The second-order valence-electron chi connectivity index (χ2n) is 4.80. The van der Waals surface area contributed by atoms with Gasteiger partial charge < -0.3 is 9.69 Å². The van der Waals surface area contributed by atoms with Gasteiger partial charge in [-0.25, -0.2) is 0 Å². The Morgan fingerprint density at radius 3 is 2.23 bits per heavy atom. The normalized spacial score (nSPS) is 29.0. The molecule has 3 nitrogen and oxygen atoms in total. The van der Waals surface area contributed by atoms with Crippen molar-refractivity contribution in [3.63, 3.8) is 0 Å². The van der Waals surface area contributed by atoms with E-state index in [0.29, 0.717) is 5.92 Å². The first-order valence-electron chi connectivity index (χ1n) is 4.65. The summed E-state index contributed by atoms with van der Waals surface area (Å²) in [5.74, 6) is 0.438. The molecule has 1 unspecified atom stereocenters. The highest BCUT2D eigenvalue weighted by atomic mass is 16.1. The summed E-state index contributed by atoms with van der Waals surface area (Å²) < 4.78 is 0. The molecule has 0 aromatic carbocycles. The van der Waals surface area contributed by atoms with E-state index >= 15 is 0 Å². The molecule has 0 saturated carbocycles. The van der Waals surface area contributed by atoms with Gasteiger partial charge in [-0.05, 0) is 17.8 Å². The Labute approximate surface area is 79.1 Å². The van der Waals surface area contributed by atoms with Crippen LogP contribution in [0.1, 0.15) is 27.2 Å². The molecular weight excluding hydrogens is 166 g/mol. The molecule has 0 aromatic rings. The van der Waals surface area contributed by atoms with Gasteiger partial charge in [-0.15, -0.1) is 0 Å². The van der Waals surface area contributed by atoms with Crippen molar-refractivity contribution >= 4 is 12.7 Å². The van der Waals surface area contributed by atoms with Crippen LogP contribution in [0.3, 0.4) is 0 Å². The molecule has 1 fully saturated rings. The summed E-state index contributed by atoms with van der Waals surface area (Å²) in [6, 6.07) is -0.193. The predicted octanol–water partition coefficient (Wildman–Crippen LogP) is 1.08. The fourth-order valence-corrected chi connectivity index (χ4v) is 1.77. The molecule has 0 spiro atoms. The third kappa shape index (κ3) is 2.08. The minimum atomic E-state index is -0.193. The first-order chi connectivity index (χ1) is 5.99. The molecule has 0 radical (unpaired) electrons. The Kier molecular flexibility index (Phi) is 2.74. The average Bonchev–Trinajstić information content (AvgIpc) is 2.45. The maximum atomic E-state index is 10.6. The first-order valence-corrected chi connectivity index (χ1v) is 4.65. The largest absolute Gasteiger partial charge is 0.335 e. The zero-order valence-corrected chi connectivity index (χ0v) is 8.49. The monoisotopic (exact) mass is 183 g/mol. The zero-order chi connectivity index (χ0) is 10.1. The van der Waals surface area contributed by atoms with E-state index in [4.69, 9.17) is 0 Å². The highest BCUT2D eigenvalue weighted by molar-refractivity contribution is 5.64. The van der Waals surface area contributed by atoms with Crippen molar-refractivity contribution in [2.45, 2.75) is 33.2 Å². The minimum Gasteiger partial charge on any atom is -0.335 e. The molecule has 0 bridgehead atoms. The highest BCUT2D eigenvalue weighted by Gasteiger charge is 2.37. The van der Waals surface area contributed by atoms with Crippen LogP contribution in [0.5, 0.6) is 0 Å². The molecule has 0 aliphatic carbocycles. The molecule has 0 N–H and O–H groups in total. The Hall–Kier alpha value is -0.860. The quantitative estimate of drug-likeness (QED) is 0.601. The molecule has 1 aliphatic heterocycles. The van der Waals surface area contributed by atoms with Gasteiger partial charge in [0.15, 0.2) is 0 Å². The van der Waals surface area contributed by atoms with Crippen LogP contribution in [0.4, 0.5) is 0 Å². The third-order valence-electron chi connectivity index (χ3n) is 2.90. The van der Waals surface area contributed by atoms with Crippen molar-refractivity contribution in [2.24, 2.45) is 11.3 Å². The van der Waals surface area contributed by atoms with Gasteiger partial charge in [0.25, 0.3) is 0 Å². The molecule has 1 amide bonds. The predicted molar refractivity (Wildman–Crippen MR) is 50.2 cm³/mol. The third-order valence-corrected chi connectivity index (χ3v) is 2.90. The second-order valence-corrected chi connectivity index (χ2v) is 4.80. The molecule has 1 saturated heterocycles. The lowest BCUT2D eigenvalue weighted by atomic mass is 9.79. The molecule has 74 valence electrons. The summed E-state index contributed by atoms with van der Waals surface area (Å²) in [5.41, 5.74) is 0.180. The van der Waals surface area contributed by atoms with E-state index in [1.165, 1.54) is 0 Å². The average molecular weight is 183 g/mol. The number of nitrogens with zero attached hydrogens (tertiary/aromatic N) is 1. The maximum Gasteiger partial charge on any atom is 0.210 e. The van der Waals surface area contributed by atoms with Crippen molar-refractivity contribution < 1.29 is 9.59 Å². The van der Waals surface area contributed by atoms with Gasteiger partial charge in [-0.2, -0.15) is 0 Å². The molecule has 2 atom stereocenters. The van der Waals surface area contributed by atoms with Crippen LogP contribution < -0.4 is 0 Å². The Balaban J connectivity index is 2.68. The number of carbonyl (C=O) groups is 2. The van der Waals surface area contributed by atoms with E-state index in [2.05, 4.69) is 20.8 Å². The minimum absolute atomic E-state index is 0.180. The van der Waals surface area contributed by atoms with Crippen molar-refractivity contribution in [1.82, 2.24) is 4.90 Å². The van der Waals surface area contributed by atoms with Crippen LogP contribution in [-0.4, -0.2) is 30.2 Å². The summed E-state index contributed by atoms with van der Waals surface area (Å²) in [5, 5.41) is 0. The second kappa shape index (κ2) is 3.48. The lowest BCUT2D eigenvalue weighted by Crippen LogP contribution is -2.29. The number of amides is 1. The number of aldehydes is 1. The fourth-order valence-electron chi connectivity index (χ4n) is 1.77. The maximum absolute atomic E-state index is 10.6. The van der Waals surface area contributed by atoms with Gasteiger partial charge in [-0.3, -0.25) is 4.79 Å². The van der Waals surface area contributed by atoms with E-state index in [1.54, 1.807) is 4.90 Å². The van der Waals surface area contributed by atoms with Crippen molar-refractivity contribution in [2.75, 3.05) is 6.54 Å². The van der Waals surface area contributed by atoms with Crippen LogP contribution in [-0.2, 0) is 9.59 Å². The molecule has 3 heteroatoms. The lowest BCUT2D eigenvalue weighted by molar-refractivity contribution is -0.123. The molecule has 1 rings (SSSR count). The lowest BCUT2D eigenvalue weighted by Gasteiger charge is -2.26. The summed E-state index contributed by atoms with van der Waals surface area (Å²) in [7, 11) is 0. The van der Waals surface area contributed by atoms with Crippen molar-refractivity contribution in [1.29, 1.82) is 0 Å². The van der Waals surface area contributed by atoms with Gasteiger partial charge in [0, 0.05) is 6.54 Å². The number of hydrogen-bond donors (Lipinski definition) is 0. The number of rotatable bonds is 2. The standard InChI is InChI=1S/C10H17NO2/c1-10(2,3)8-4-9(6-12)11(5-8)7-13/h6-9H,4-5H2,1-3H3/t8-,9?/m1/s1. The van der Waals surface area contributed by atoms with E-state index < -0.39 is 0 Å². The Morgan fingerprint density at radius 2 is 1.92 bits per heavy atom. The van der Waals surface area contributed by atoms with Gasteiger partial charge in [0.05, 0.1) is 6.04 Å². The van der Waals surface area contributed by atoms with Gasteiger partial charge in [0.2, 0.25) is 6.41 Å². The van der Waals surface area contributed by atoms with E-state index in [9.17, 15) is 9.59 Å². The smallest absolute Gasteiger partial charge is 0.210 e. The molecule has 0 aromatic heterocycles. The van der Waals surface area contributed by atoms with Gasteiger partial charge in [0.1, 0.15) is 6.29 Å². The number of hydrogen-bond acceptors (Lipinski definition) is 2. The number of carbonyl (C=O) groups excluding carboxylic acids is 2. The molecule has 13 heavy (non-hydrogen) atoms. The zero-order valence-electron chi connectivity index (χ0n) is 8.49. The van der Waals surface area contributed by atoms with Gasteiger partial charge >= 0.3 is 0 Å². The fraction of sp³-hybridized carbons (Fsp3) is 0.800. The number of likely N-dealkylation sites (tertiary alicyclic amines) is 1. The van der Waals surface area contributed by atoms with Crippen molar-refractivity contribution in [3.8, 4) is 0 Å². The van der Waals surface area contributed by atoms with Crippen LogP contribution in [0.25, 0.3) is 0 Å². The molecule has 1 aliphatic rings.